The highest BCUT2D eigenvalue weighted by molar-refractivity contribution is 7.60. The third-order valence-corrected chi connectivity index (χ3v) is 21.9. The number of nitrogens with one attached hydrogen (secondary N) is 8. The zero-order valence-electron chi connectivity index (χ0n) is 76.0. The molecule has 0 spiro atoms. The molecule has 0 radical (unpaired) electrons. The van der Waals surface area contributed by atoms with Gasteiger partial charge >= 0.3 is 24.1 Å². The van der Waals surface area contributed by atoms with E-state index in [1.54, 1.807) is 77.3 Å². The number of halogens is 1. The molecule has 0 bridgehead atoms. The minimum Gasteiger partial charge on any atom is -0.477 e. The van der Waals surface area contributed by atoms with Crippen LogP contribution in [0.25, 0.3) is 10.9 Å². The Morgan fingerprint density at radius 1 is 0.534 bits per heavy atom. The standard InChI is InChI=1S/C51H67FN12O11.C35H53N9O7.CH4.6H2S/c1-6-60-27-35(49(71)72)46(68)34-25-36(52)40(26-39(34)60)61-21-23-62(24-22-61)51(74)75-29-32-13-15-33(16-14-32)55-47(69)38(11-10-19-54-50(53)73)64-28-37(58-59-64)44(30(2)3)57-48(70)45(31(4)5)56-41(65)12-8-7-9-20-63-42(66)17-18-43(63)67;1-22(2)19-26(39-29(46)10-6-5-7-18-43-30(47)15-16-31(43)48)33(49)40-32(23(3)4)27-20-44(42-41-27)28(9-8-17-37-35(36)51)34(50)38-25-13-11-24(21-45)12-14-25;;;;;;;/h13-16,25-28,30-31,38,44-45H,6-12,17-24,29H2,1-5H3,(H,55,69)(H,56,65)(H,57,70)(H,71,72)(H3,53,54,73);11-14,20,22-23,26,28,32,45H,5-10,15-19,21H2,1-4H3,(H,38,50)(H,39,46)(H,40,49)(H3,36,37,51);1H4;6*1H2/t38-,44-,45-;26-,28-,32-;;;;;;;/m00......./s1. The van der Waals surface area contributed by atoms with E-state index >= 15 is 4.39 Å². The molecule has 3 saturated heterocycles. The van der Waals surface area contributed by atoms with E-state index in [4.69, 9.17) is 16.2 Å². The van der Waals surface area contributed by atoms with Crippen molar-refractivity contribution in [1.29, 1.82) is 0 Å². The highest BCUT2D eigenvalue weighted by atomic mass is 32.1. The molecule has 46 heteroatoms. The van der Waals surface area contributed by atoms with Crippen molar-refractivity contribution in [2.24, 2.45) is 35.1 Å². The Morgan fingerprint density at radius 2 is 0.977 bits per heavy atom. The summed E-state index contributed by atoms with van der Waals surface area (Å²) in [5.74, 6) is -5.38. The van der Waals surface area contributed by atoms with Crippen LogP contribution in [0.4, 0.5) is 35.8 Å². The molecule has 0 aliphatic carbocycles. The Balaban J connectivity index is 0.00000135. The highest BCUT2D eigenvalue weighted by Gasteiger charge is 2.36. The van der Waals surface area contributed by atoms with Crippen molar-refractivity contribution in [2.75, 3.05) is 67.9 Å². The Bertz CT molecular complexity index is 4870. The van der Waals surface area contributed by atoms with Crippen molar-refractivity contribution < 1.29 is 86.5 Å². The molecule has 0 saturated carbocycles. The Hall–Kier alpha value is -10.7. The second kappa shape index (κ2) is 59.1. The number of nitrogens with two attached hydrogens (primary N) is 2. The van der Waals surface area contributed by atoms with E-state index in [1.807, 2.05) is 55.4 Å². The maximum atomic E-state index is 15.4. The zero-order valence-corrected chi connectivity index (χ0v) is 82.0. The van der Waals surface area contributed by atoms with Gasteiger partial charge in [0.25, 0.3) is 0 Å². The number of pyridine rings is 1. The van der Waals surface area contributed by atoms with Crippen LogP contribution in [-0.4, -0.2) is 207 Å². The van der Waals surface area contributed by atoms with Gasteiger partial charge in [-0.2, -0.15) is 81.0 Å². The van der Waals surface area contributed by atoms with Gasteiger partial charge in [-0.15, -0.1) is 10.2 Å². The monoisotopic (exact) mass is 1970 g/mol. The molecule has 6 atom stereocenters. The molecule has 133 heavy (non-hydrogen) atoms. The number of carboxylic acids is 1. The summed E-state index contributed by atoms with van der Waals surface area (Å²) in [4.78, 5) is 194. The highest BCUT2D eigenvalue weighted by Crippen LogP contribution is 2.30. The summed E-state index contributed by atoms with van der Waals surface area (Å²) in [6.45, 7) is 19.2. The van der Waals surface area contributed by atoms with E-state index in [1.165, 1.54) is 36.3 Å². The number of urea groups is 2. The molecule has 6 aromatic rings. The zero-order chi connectivity index (χ0) is 92.0. The van der Waals surface area contributed by atoms with Crippen molar-refractivity contribution in [2.45, 2.75) is 235 Å². The summed E-state index contributed by atoms with van der Waals surface area (Å²) in [6.07, 6.45) is 10.4. The number of hydrogen-bond donors (Lipinski definition) is 12. The van der Waals surface area contributed by atoms with Gasteiger partial charge in [-0.25, -0.2) is 32.9 Å². The number of benzene rings is 3. The predicted molar refractivity (Wildman–Crippen MR) is 530 cm³/mol. The average molecular weight is 1980 g/mol. The normalized spacial score (nSPS) is 14.1. The van der Waals surface area contributed by atoms with Crippen LogP contribution in [0.1, 0.15) is 236 Å². The van der Waals surface area contributed by atoms with Crippen LogP contribution in [-0.2, 0) is 72.4 Å². The smallest absolute Gasteiger partial charge is 0.410 e. The van der Waals surface area contributed by atoms with Crippen LogP contribution in [0, 0.1) is 29.5 Å². The topological polar surface area (TPSA) is 533 Å². The lowest BCUT2D eigenvalue weighted by Gasteiger charge is -2.35. The van der Waals surface area contributed by atoms with E-state index in [9.17, 15) is 82.1 Å². The first kappa shape index (κ1) is 120. The maximum absolute atomic E-state index is 15.4. The lowest BCUT2D eigenvalue weighted by Crippen LogP contribution is -2.51. The van der Waals surface area contributed by atoms with Crippen molar-refractivity contribution in [3.05, 3.63) is 123 Å². The fraction of sp³-hybridized carbons (Fsp3) is 0.552. The van der Waals surface area contributed by atoms with Crippen LogP contribution in [0.5, 0.6) is 0 Å². The van der Waals surface area contributed by atoms with Gasteiger partial charge in [0.1, 0.15) is 53.5 Å². The molecule has 3 aromatic carbocycles. The minimum atomic E-state index is -1.39. The number of piperazine rings is 1. The third-order valence-electron chi connectivity index (χ3n) is 21.9. The van der Waals surface area contributed by atoms with Crippen LogP contribution in [0.15, 0.2) is 84.0 Å². The SMILES string of the molecule is C.CC(C)C[C@H](NC(=O)CCCCCN1C(=O)CCC1=O)C(=O)N[C@H](c1cn([C@@H](CCCNC(N)=O)C(=O)Nc2ccc(CO)cc2)nn1)C(C)C.CCn1cc(C(=O)O)c(=O)c2cc(F)c(N3CCN(C(=O)OCc4ccc(NC(=O)[C@H](CCCNC(N)=O)n5cc([C@@H](NC(=O)[C@@H](NC(=O)CCCCCN6C(=O)CCC6=O)C(C)C)C(C)C)nn5)cc4)CC3)cc21.S.S.S.S.S.S. The molecule has 3 aliphatic heterocycles. The number of nitrogens with zero attached hydrogens (tertiary/aromatic N) is 11. The lowest BCUT2D eigenvalue weighted by molar-refractivity contribution is -0.140. The molecule has 14 N–H and O–H groups in total. The Morgan fingerprint density at radius 3 is 1.39 bits per heavy atom. The number of aromatic carboxylic acids is 1. The number of aryl methyl sites for hydroxylation is 1. The molecule has 9 rings (SSSR count). The van der Waals surface area contributed by atoms with Gasteiger partial charge in [-0.3, -0.25) is 62.5 Å². The van der Waals surface area contributed by atoms with Crippen LogP contribution in [0.3, 0.4) is 0 Å². The van der Waals surface area contributed by atoms with Crippen LogP contribution >= 0.6 is 81.0 Å². The quantitative estimate of drug-likeness (QED) is 0.0127. The number of likely N-dealkylation sites (tertiary alicyclic amines) is 2. The number of carboxylic acid groups (broad SMARTS) is 1. The third kappa shape index (κ3) is 36.2. The number of aliphatic hydroxyl groups is 1. The first-order valence-corrected chi connectivity index (χ1v) is 43.0. The Labute approximate surface area is 816 Å². The summed E-state index contributed by atoms with van der Waals surface area (Å²) < 4.78 is 25.4. The number of unbranched alkanes of at least 4 members (excludes halogenated alkanes) is 4. The summed E-state index contributed by atoms with van der Waals surface area (Å²) in [5.41, 5.74) is 13.0. The number of primary amides is 2. The van der Waals surface area contributed by atoms with Gasteiger partial charge in [0.15, 0.2) is 0 Å². The van der Waals surface area contributed by atoms with Crippen molar-refractivity contribution in [3.63, 3.8) is 0 Å². The molecular formula is C87H136FN21O18S6. The number of ether oxygens (including phenoxy) is 1. The van der Waals surface area contributed by atoms with Crippen molar-refractivity contribution in [3.8, 4) is 0 Å². The molecule has 0 unspecified atom stereocenters. The lowest BCUT2D eigenvalue weighted by atomic mass is 9.98. The van der Waals surface area contributed by atoms with Gasteiger partial charge in [0.05, 0.1) is 42.3 Å². The number of rotatable bonds is 45. The molecule has 39 nitrogen and oxygen atoms in total. The molecule has 6 heterocycles. The second-order valence-electron chi connectivity index (χ2n) is 33.0. The maximum Gasteiger partial charge on any atom is 0.410 e. The number of fused-ring (bicyclic) bond motifs is 1. The number of carbonyl (C=O) groups is 14. The van der Waals surface area contributed by atoms with E-state index in [0.29, 0.717) is 123 Å². The van der Waals surface area contributed by atoms with Crippen LogP contribution < -0.4 is 64.3 Å². The molecule has 15 amide bonds. The number of amides is 15. The van der Waals surface area contributed by atoms with E-state index in [0.717, 1.165) is 6.07 Å². The first-order valence-electron chi connectivity index (χ1n) is 43.0. The summed E-state index contributed by atoms with van der Waals surface area (Å²) in [7, 11) is 0. The van der Waals surface area contributed by atoms with E-state index in [-0.39, 0.29) is 268 Å². The second-order valence-corrected chi connectivity index (χ2v) is 33.0. The molecule has 740 valence electrons. The van der Waals surface area contributed by atoms with Crippen molar-refractivity contribution in [1.82, 2.24) is 81.2 Å². The average Bonchev–Trinajstić information content (AvgIpc) is 1.61. The van der Waals surface area contributed by atoms with Gasteiger partial charge in [-0.1, -0.05) is 110 Å². The predicted octanol–water partition coefficient (Wildman–Crippen LogP) is 7.97. The van der Waals surface area contributed by atoms with Gasteiger partial charge in [0, 0.05) is 120 Å². The summed E-state index contributed by atoms with van der Waals surface area (Å²) in [6, 6.07) is 9.99. The first-order chi connectivity index (χ1) is 60.0. The molecule has 3 fully saturated rings. The van der Waals surface area contributed by atoms with E-state index < -0.39 is 89.0 Å². The minimum absolute atomic E-state index is 0. The van der Waals surface area contributed by atoms with Gasteiger partial charge in [0.2, 0.25) is 64.5 Å². The number of aromatic nitrogens is 7. The number of imide groups is 2. The number of aliphatic hydroxyl groups excluding tert-OH is 1. The van der Waals surface area contributed by atoms with Gasteiger partial charge < -0.3 is 83.3 Å². The van der Waals surface area contributed by atoms with Crippen LogP contribution in [0.2, 0.25) is 0 Å². The summed E-state index contributed by atoms with van der Waals surface area (Å²) >= 11 is 0. The summed E-state index contributed by atoms with van der Waals surface area (Å²) in [5, 5.41) is 58.6. The molecule has 3 aliphatic rings. The fourth-order valence-corrected chi connectivity index (χ4v) is 14.8. The number of carbonyl (C=O) groups excluding carboxylic acids is 13. The Kier molecular flexibility index (Phi) is 53.5. The van der Waals surface area contributed by atoms with E-state index in [2.05, 4.69) is 63.2 Å². The van der Waals surface area contributed by atoms with Gasteiger partial charge in [-0.05, 0) is 136 Å². The molecule has 3 aromatic heterocycles. The fourth-order valence-electron chi connectivity index (χ4n) is 14.8. The number of hydrogen-bond acceptors (Lipinski definition) is 22. The number of anilines is 3. The largest absolute Gasteiger partial charge is 0.477 e. The van der Waals surface area contributed by atoms with Crippen molar-refractivity contribution >= 4 is 192 Å². The molecular weight excluding hydrogens is 1840 g/mol.